The third kappa shape index (κ3) is 3.22. The van der Waals surface area contributed by atoms with Crippen molar-refractivity contribution < 1.29 is 4.39 Å². The van der Waals surface area contributed by atoms with Crippen molar-refractivity contribution in [3.63, 3.8) is 0 Å². The molecular weight excluding hydrogens is 272 g/mol. The van der Waals surface area contributed by atoms with Crippen LogP contribution in [0.4, 0.5) is 4.39 Å². The summed E-state index contributed by atoms with van der Waals surface area (Å²) in [6.45, 7) is 0. The minimum atomic E-state index is -0.444. The van der Waals surface area contributed by atoms with Crippen LogP contribution >= 0.6 is 23.2 Å². The van der Waals surface area contributed by atoms with E-state index in [4.69, 9.17) is 28.9 Å². The molecule has 2 aromatic carbocycles. The van der Waals surface area contributed by atoms with Crippen molar-refractivity contribution in [2.75, 3.05) is 0 Å². The Bertz CT molecular complexity index is 540. The fraction of sp³-hybridized carbons (Fsp3) is 0.143. The first-order valence-electron chi connectivity index (χ1n) is 5.51. The highest BCUT2D eigenvalue weighted by Crippen LogP contribution is 2.22. The molecule has 1 atom stereocenters. The zero-order valence-corrected chi connectivity index (χ0v) is 11.0. The summed E-state index contributed by atoms with van der Waals surface area (Å²) in [6.07, 6.45) is 0.623. The first-order chi connectivity index (χ1) is 8.56. The number of benzene rings is 2. The van der Waals surface area contributed by atoms with Crippen LogP contribution in [0, 0.1) is 5.82 Å². The van der Waals surface area contributed by atoms with E-state index < -0.39 is 5.82 Å². The second-order valence-electron chi connectivity index (χ2n) is 4.11. The second-order valence-corrected chi connectivity index (χ2v) is 4.95. The predicted octanol–water partition coefficient (Wildman–Crippen LogP) is 4.38. The minimum Gasteiger partial charge on any atom is -0.324 e. The lowest BCUT2D eigenvalue weighted by Gasteiger charge is -2.12. The highest BCUT2D eigenvalue weighted by Gasteiger charge is 2.09. The Labute approximate surface area is 115 Å². The van der Waals surface area contributed by atoms with Crippen LogP contribution in [-0.4, -0.2) is 0 Å². The third-order valence-electron chi connectivity index (χ3n) is 2.74. The lowest BCUT2D eigenvalue weighted by atomic mass is 10.00. The van der Waals surface area contributed by atoms with E-state index in [0.29, 0.717) is 11.4 Å². The molecule has 0 aromatic heterocycles. The highest BCUT2D eigenvalue weighted by atomic mass is 35.5. The topological polar surface area (TPSA) is 26.0 Å². The van der Waals surface area contributed by atoms with Gasteiger partial charge in [0.1, 0.15) is 5.82 Å². The average molecular weight is 284 g/mol. The van der Waals surface area contributed by atoms with Gasteiger partial charge in [-0.1, -0.05) is 41.4 Å². The van der Waals surface area contributed by atoms with Gasteiger partial charge in [0, 0.05) is 11.1 Å². The number of nitrogens with two attached hydrogens (primary N) is 1. The van der Waals surface area contributed by atoms with E-state index in [-0.39, 0.29) is 11.1 Å². The lowest BCUT2D eigenvalue weighted by molar-refractivity contribution is 0.619. The van der Waals surface area contributed by atoms with Crippen LogP contribution in [0.5, 0.6) is 0 Å². The summed E-state index contributed by atoms with van der Waals surface area (Å²) in [5.74, 6) is -0.444. The van der Waals surface area contributed by atoms with Gasteiger partial charge < -0.3 is 5.73 Å². The number of halogens is 3. The molecule has 0 radical (unpaired) electrons. The standard InChI is InChI=1S/C14H12Cl2FN/c15-11-4-1-9(2-5-11)7-14(18)10-3-6-12(16)13(17)8-10/h1-6,8,14H,7,18H2. The molecule has 0 heterocycles. The van der Waals surface area contributed by atoms with Gasteiger partial charge in [-0.3, -0.25) is 0 Å². The van der Waals surface area contributed by atoms with E-state index in [1.807, 2.05) is 24.3 Å². The first-order valence-corrected chi connectivity index (χ1v) is 6.27. The van der Waals surface area contributed by atoms with E-state index in [9.17, 15) is 4.39 Å². The first kappa shape index (κ1) is 13.3. The molecule has 0 amide bonds. The Morgan fingerprint density at radius 1 is 1.06 bits per heavy atom. The Balaban J connectivity index is 2.13. The molecule has 18 heavy (non-hydrogen) atoms. The average Bonchev–Trinajstić information content (AvgIpc) is 2.35. The Morgan fingerprint density at radius 3 is 2.33 bits per heavy atom. The summed E-state index contributed by atoms with van der Waals surface area (Å²) < 4.78 is 13.3. The van der Waals surface area contributed by atoms with Crippen molar-refractivity contribution in [1.82, 2.24) is 0 Å². The van der Waals surface area contributed by atoms with Crippen LogP contribution in [0.3, 0.4) is 0 Å². The summed E-state index contributed by atoms with van der Waals surface area (Å²) in [4.78, 5) is 0. The van der Waals surface area contributed by atoms with Gasteiger partial charge in [0.25, 0.3) is 0 Å². The maximum absolute atomic E-state index is 13.3. The molecule has 0 saturated carbocycles. The van der Waals surface area contributed by atoms with Gasteiger partial charge in [0.05, 0.1) is 5.02 Å². The van der Waals surface area contributed by atoms with E-state index in [1.54, 1.807) is 6.07 Å². The molecule has 1 nitrogen and oxygen atoms in total. The van der Waals surface area contributed by atoms with Crippen LogP contribution in [-0.2, 0) is 6.42 Å². The monoisotopic (exact) mass is 283 g/mol. The molecule has 94 valence electrons. The summed E-state index contributed by atoms with van der Waals surface area (Å²) in [6, 6.07) is 11.8. The summed E-state index contributed by atoms with van der Waals surface area (Å²) in [7, 11) is 0. The van der Waals surface area contributed by atoms with Gasteiger partial charge in [-0.15, -0.1) is 0 Å². The third-order valence-corrected chi connectivity index (χ3v) is 3.30. The molecule has 2 aromatic rings. The van der Waals surface area contributed by atoms with Gasteiger partial charge in [-0.25, -0.2) is 4.39 Å². The Kier molecular flexibility index (Phi) is 4.23. The molecule has 0 aliphatic carbocycles. The van der Waals surface area contributed by atoms with Crippen LogP contribution in [0.15, 0.2) is 42.5 Å². The molecule has 0 bridgehead atoms. The highest BCUT2D eigenvalue weighted by molar-refractivity contribution is 6.30. The Morgan fingerprint density at radius 2 is 1.72 bits per heavy atom. The molecule has 0 fully saturated rings. The quantitative estimate of drug-likeness (QED) is 0.889. The number of hydrogen-bond donors (Lipinski definition) is 1. The van der Waals surface area contributed by atoms with Crippen LogP contribution < -0.4 is 5.73 Å². The molecule has 2 N–H and O–H groups in total. The molecule has 1 unspecified atom stereocenters. The molecule has 0 saturated heterocycles. The second kappa shape index (κ2) is 5.70. The smallest absolute Gasteiger partial charge is 0.142 e. The van der Waals surface area contributed by atoms with Crippen molar-refractivity contribution >= 4 is 23.2 Å². The Hall–Kier alpha value is -1.09. The van der Waals surface area contributed by atoms with Crippen molar-refractivity contribution in [2.45, 2.75) is 12.5 Å². The largest absolute Gasteiger partial charge is 0.324 e. The van der Waals surface area contributed by atoms with Gasteiger partial charge in [0.15, 0.2) is 0 Å². The summed E-state index contributed by atoms with van der Waals surface area (Å²) in [5.41, 5.74) is 7.83. The molecule has 0 spiro atoms. The van der Waals surface area contributed by atoms with E-state index in [1.165, 1.54) is 12.1 Å². The normalized spacial score (nSPS) is 12.4. The molecule has 2 rings (SSSR count). The minimum absolute atomic E-state index is 0.109. The van der Waals surface area contributed by atoms with Gasteiger partial charge in [-0.05, 0) is 41.8 Å². The van der Waals surface area contributed by atoms with E-state index >= 15 is 0 Å². The fourth-order valence-corrected chi connectivity index (χ4v) is 1.98. The van der Waals surface area contributed by atoms with Crippen LogP contribution in [0.25, 0.3) is 0 Å². The van der Waals surface area contributed by atoms with Crippen molar-refractivity contribution in [3.05, 3.63) is 69.5 Å². The van der Waals surface area contributed by atoms with E-state index in [0.717, 1.165) is 11.1 Å². The zero-order valence-electron chi connectivity index (χ0n) is 9.54. The van der Waals surface area contributed by atoms with Crippen LogP contribution in [0.2, 0.25) is 10.0 Å². The van der Waals surface area contributed by atoms with Gasteiger partial charge >= 0.3 is 0 Å². The summed E-state index contributed by atoms with van der Waals surface area (Å²) in [5, 5.41) is 0.794. The lowest BCUT2D eigenvalue weighted by Crippen LogP contribution is -2.13. The molecular formula is C14H12Cl2FN. The molecule has 4 heteroatoms. The number of rotatable bonds is 3. The number of hydrogen-bond acceptors (Lipinski definition) is 1. The van der Waals surface area contributed by atoms with E-state index in [2.05, 4.69) is 0 Å². The van der Waals surface area contributed by atoms with Gasteiger partial charge in [-0.2, -0.15) is 0 Å². The van der Waals surface area contributed by atoms with Crippen molar-refractivity contribution in [2.24, 2.45) is 5.73 Å². The van der Waals surface area contributed by atoms with Gasteiger partial charge in [0.2, 0.25) is 0 Å². The maximum atomic E-state index is 13.3. The predicted molar refractivity (Wildman–Crippen MR) is 73.5 cm³/mol. The molecule has 0 aliphatic heterocycles. The fourth-order valence-electron chi connectivity index (χ4n) is 1.74. The summed E-state index contributed by atoms with van der Waals surface area (Å²) >= 11 is 11.4. The zero-order chi connectivity index (χ0) is 13.1. The van der Waals surface area contributed by atoms with Crippen molar-refractivity contribution in [3.8, 4) is 0 Å². The van der Waals surface area contributed by atoms with Crippen LogP contribution in [0.1, 0.15) is 17.2 Å². The molecule has 0 aliphatic rings. The SMILES string of the molecule is NC(Cc1ccc(Cl)cc1)c1ccc(Cl)c(F)c1. The van der Waals surface area contributed by atoms with Crippen molar-refractivity contribution in [1.29, 1.82) is 0 Å². The maximum Gasteiger partial charge on any atom is 0.142 e.